The van der Waals surface area contributed by atoms with Crippen molar-refractivity contribution in [3.63, 3.8) is 0 Å². The predicted molar refractivity (Wildman–Crippen MR) is 367 cm³/mol. The third-order valence-electron chi connectivity index (χ3n) is 18.8. The molecule has 0 saturated heterocycles. The molecule has 0 spiro atoms. The Kier molecular flexibility index (Phi) is 22.9. The van der Waals surface area contributed by atoms with Gasteiger partial charge in [-0.15, -0.1) is 34.0 Å². The molecule has 0 N–H and O–H groups in total. The first-order valence-electron chi connectivity index (χ1n) is 34.3. The number of aryl methyl sites for hydroxylation is 4. The SMILES string of the molecule is CC(C)N1Cc2cnn(C)c2C1.CC(C)N1Cc2nc(C3CC3)oc2C1.CC(C)N1Cc2nc(C3CC3)sc2C1.CC(C)c1nc2c(s1)CN(C(C)C)C2.CCc1nc2c(s1)CN(C(C)C)C2.Cc1nc2c(o1)CN(C(C)C)C2.Cc1nc2c(o1)CN(C(C)C)C2. The fraction of sp³-hybridized carbons (Fsp3) is 0.700. The van der Waals surface area contributed by atoms with E-state index in [0.29, 0.717) is 54.1 Å². The van der Waals surface area contributed by atoms with Crippen LogP contribution in [-0.2, 0) is 105 Å². The Hall–Kier alpha value is -4.55. The van der Waals surface area contributed by atoms with Crippen molar-refractivity contribution in [3.05, 3.63) is 116 Å². The van der Waals surface area contributed by atoms with Crippen molar-refractivity contribution in [1.29, 1.82) is 0 Å². The van der Waals surface area contributed by atoms with E-state index in [0.717, 1.165) is 150 Å². The van der Waals surface area contributed by atoms with E-state index in [1.807, 2.05) is 65.8 Å². The summed E-state index contributed by atoms with van der Waals surface area (Å²) in [4.78, 5) is 48.8. The fourth-order valence-electron chi connectivity index (χ4n) is 12.0. The zero-order chi connectivity index (χ0) is 65.3. The van der Waals surface area contributed by atoms with Gasteiger partial charge in [-0.3, -0.25) is 39.0 Å². The molecule has 0 aromatic carbocycles. The van der Waals surface area contributed by atoms with Crippen LogP contribution < -0.4 is 0 Å². The Balaban J connectivity index is 0.000000117. The number of nitrogens with zero attached hydrogens (tertiary/aromatic N) is 15. The van der Waals surface area contributed by atoms with Gasteiger partial charge in [-0.25, -0.2) is 29.9 Å². The normalized spacial score (nSPS) is 18.6. The van der Waals surface area contributed by atoms with Crippen LogP contribution in [0.4, 0.5) is 0 Å². The van der Waals surface area contributed by atoms with Crippen molar-refractivity contribution >= 4 is 34.0 Å². The summed E-state index contributed by atoms with van der Waals surface area (Å²) in [7, 11) is 2.02. The van der Waals surface area contributed by atoms with Crippen LogP contribution in [0.15, 0.2) is 19.4 Å². The Morgan fingerprint density at radius 3 is 1.20 bits per heavy atom. The number of fused-ring (bicyclic) bond motifs is 7. The maximum Gasteiger partial charge on any atom is 0.197 e. The maximum absolute atomic E-state index is 5.78. The van der Waals surface area contributed by atoms with Gasteiger partial charge < -0.3 is 13.3 Å². The first-order valence-corrected chi connectivity index (χ1v) is 36.7. The summed E-state index contributed by atoms with van der Waals surface area (Å²) >= 11 is 5.75. The lowest BCUT2D eigenvalue weighted by Crippen LogP contribution is -2.25. The Labute approximate surface area is 556 Å². The molecule has 500 valence electrons. The summed E-state index contributed by atoms with van der Waals surface area (Å²) < 4.78 is 18.7. The van der Waals surface area contributed by atoms with Crippen LogP contribution in [0.2, 0.25) is 0 Å². The molecule has 7 aromatic heterocycles. The van der Waals surface area contributed by atoms with Crippen molar-refractivity contribution in [1.82, 2.24) is 74.0 Å². The van der Waals surface area contributed by atoms with E-state index in [1.165, 1.54) is 89.4 Å². The Morgan fingerprint density at radius 1 is 0.418 bits per heavy atom. The molecule has 14 heterocycles. The van der Waals surface area contributed by atoms with Crippen molar-refractivity contribution in [2.24, 2.45) is 7.05 Å². The van der Waals surface area contributed by atoms with Gasteiger partial charge in [0.1, 0.15) is 17.3 Å². The van der Waals surface area contributed by atoms with Gasteiger partial charge in [0.05, 0.1) is 80.7 Å². The second-order valence-corrected chi connectivity index (χ2v) is 32.1. The Bertz CT molecular complexity index is 3120. The van der Waals surface area contributed by atoms with E-state index >= 15 is 0 Å². The first-order chi connectivity index (χ1) is 43.3. The summed E-state index contributed by atoms with van der Waals surface area (Å²) in [5, 5.41) is 8.24. The molecule has 16 rings (SSSR count). The Morgan fingerprint density at radius 2 is 0.813 bits per heavy atom. The van der Waals surface area contributed by atoms with Gasteiger partial charge in [0, 0.05) is 173 Å². The molecule has 91 heavy (non-hydrogen) atoms. The fourth-order valence-corrected chi connectivity index (χ4v) is 15.4. The molecule has 7 aliphatic heterocycles. The van der Waals surface area contributed by atoms with E-state index in [1.54, 1.807) is 0 Å². The van der Waals surface area contributed by atoms with E-state index in [2.05, 4.69) is 177 Å². The van der Waals surface area contributed by atoms with Crippen LogP contribution in [0.3, 0.4) is 0 Å². The van der Waals surface area contributed by atoms with Crippen LogP contribution in [0.1, 0.15) is 271 Å². The highest BCUT2D eigenvalue weighted by molar-refractivity contribution is 7.12. The van der Waals surface area contributed by atoms with Crippen LogP contribution in [-0.4, -0.2) is 116 Å². The molecule has 0 unspecified atom stereocenters. The minimum absolute atomic E-state index is 0.578. The number of aromatic nitrogens is 8. The predicted octanol–water partition coefficient (Wildman–Crippen LogP) is 15.0. The molecular formula is C70H109N15O3S3. The third kappa shape index (κ3) is 17.5. The molecule has 0 atom stereocenters. The summed E-state index contributed by atoms with van der Waals surface area (Å²) in [5.74, 6) is 7.87. The first kappa shape index (κ1) is 69.3. The quantitative estimate of drug-likeness (QED) is 0.120. The molecule has 18 nitrogen and oxygen atoms in total. The number of oxazole rings is 3. The van der Waals surface area contributed by atoms with E-state index in [9.17, 15) is 0 Å². The van der Waals surface area contributed by atoms with Gasteiger partial charge in [-0.1, -0.05) is 20.8 Å². The lowest BCUT2D eigenvalue weighted by atomic mass is 10.2. The molecule has 7 aromatic rings. The highest BCUT2D eigenvalue weighted by atomic mass is 32.1. The second-order valence-electron chi connectivity index (χ2n) is 28.7. The number of hydrogen-bond acceptors (Lipinski definition) is 20. The summed E-state index contributed by atoms with van der Waals surface area (Å²) in [6.45, 7) is 56.0. The average molecular weight is 1300 g/mol. The highest BCUT2D eigenvalue weighted by Gasteiger charge is 2.35. The lowest BCUT2D eigenvalue weighted by Gasteiger charge is -2.19. The smallest absolute Gasteiger partial charge is 0.197 e. The molecule has 2 fully saturated rings. The van der Waals surface area contributed by atoms with Gasteiger partial charge in [0.25, 0.3) is 0 Å². The third-order valence-corrected chi connectivity index (χ3v) is 22.7. The number of thiazole rings is 3. The molecule has 2 aliphatic carbocycles. The summed E-state index contributed by atoms with van der Waals surface area (Å²) in [5.41, 5.74) is 10.2. The van der Waals surface area contributed by atoms with Crippen LogP contribution >= 0.6 is 34.0 Å². The van der Waals surface area contributed by atoms with Gasteiger partial charge in [0.15, 0.2) is 17.7 Å². The molecule has 0 radical (unpaired) electrons. The molecule has 0 bridgehead atoms. The van der Waals surface area contributed by atoms with Gasteiger partial charge >= 0.3 is 0 Å². The lowest BCUT2D eigenvalue weighted by molar-refractivity contribution is 0.211. The van der Waals surface area contributed by atoms with Gasteiger partial charge in [-0.05, 0) is 129 Å². The molecule has 2 saturated carbocycles. The van der Waals surface area contributed by atoms with Crippen LogP contribution in [0, 0.1) is 13.8 Å². The molecule has 0 amide bonds. The largest absolute Gasteiger partial charge is 0.444 e. The van der Waals surface area contributed by atoms with Gasteiger partial charge in [0.2, 0.25) is 0 Å². The summed E-state index contributed by atoms with van der Waals surface area (Å²) in [6, 6.07) is 4.32. The van der Waals surface area contributed by atoms with Crippen molar-refractivity contribution in [3.8, 4) is 0 Å². The number of rotatable bonds is 11. The van der Waals surface area contributed by atoms with Gasteiger partial charge in [-0.2, -0.15) is 5.10 Å². The summed E-state index contributed by atoms with van der Waals surface area (Å²) in [6.07, 6.45) is 8.36. The molecular weight excluding hydrogens is 1200 g/mol. The van der Waals surface area contributed by atoms with Crippen molar-refractivity contribution < 1.29 is 13.3 Å². The zero-order valence-electron chi connectivity index (χ0n) is 58.9. The van der Waals surface area contributed by atoms with E-state index in [4.69, 9.17) is 23.2 Å². The molecule has 21 heteroatoms. The van der Waals surface area contributed by atoms with Crippen LogP contribution in [0.5, 0.6) is 0 Å². The zero-order valence-corrected chi connectivity index (χ0v) is 61.4. The van der Waals surface area contributed by atoms with E-state index < -0.39 is 0 Å². The minimum atomic E-state index is 0.578. The maximum atomic E-state index is 5.78. The van der Waals surface area contributed by atoms with Crippen molar-refractivity contribution in [2.75, 3.05) is 0 Å². The monoisotopic (exact) mass is 1300 g/mol. The molecule has 9 aliphatic rings. The standard InChI is InChI=1S/C11H16N2O.C11H16N2S.C11H18N2S.C10H16N2S.C9H15N3.2C9H14N2O/c2*1-7(2)13-5-9-10(6-13)14-11(12-9)8-3-4-8;1-7(2)11-12-9-5-13(8(3)4)6-10(9)14-11;1-4-10-11-8-5-12(7(2)3)6-9(8)13-10;1-7(2)12-5-8-4-10-11(3)9(8)6-12;2*1-6(2)11-4-8-9(5-11)12-7(3)10-8/h2*7-8H,3-6H2,1-2H3;7-8H,5-6H2,1-4H3;7H,4-6H2,1-3H3;4,7H,5-6H2,1-3H3;2*6H,4-5H2,1-3H3. The minimum Gasteiger partial charge on any atom is -0.444 e. The number of hydrogen-bond donors (Lipinski definition) is 0. The average Bonchev–Trinajstić information content (AvgIpc) is 1.72. The van der Waals surface area contributed by atoms with Crippen LogP contribution in [0.25, 0.3) is 0 Å². The topological polar surface area (TPSA) is 157 Å². The second kappa shape index (κ2) is 30.0. The van der Waals surface area contributed by atoms with E-state index in [-0.39, 0.29) is 0 Å². The highest BCUT2D eigenvalue weighted by Crippen LogP contribution is 2.45. The van der Waals surface area contributed by atoms with Crippen molar-refractivity contribution in [2.45, 2.75) is 315 Å².